The van der Waals surface area contributed by atoms with Crippen LogP contribution in [0.4, 0.5) is 0 Å². The van der Waals surface area contributed by atoms with Gasteiger partial charge in [0, 0.05) is 18.0 Å². The molecule has 70 valence electrons. The molecule has 0 atom stereocenters. The minimum Gasteiger partial charge on any atom is -0.480 e. The van der Waals surface area contributed by atoms with Gasteiger partial charge in [-0.25, -0.2) is 4.98 Å². The summed E-state index contributed by atoms with van der Waals surface area (Å²) in [6, 6.07) is 0. The molecule has 0 unspecified atom stereocenters. The highest BCUT2D eigenvalue weighted by Crippen LogP contribution is 2.15. The van der Waals surface area contributed by atoms with Crippen molar-refractivity contribution in [1.82, 2.24) is 9.55 Å². The minimum atomic E-state index is 0.605. The lowest BCUT2D eigenvalue weighted by Crippen LogP contribution is -2.10. The molecule has 1 aliphatic rings. The molecule has 2 heterocycles. The molecule has 0 fully saturated rings. The third kappa shape index (κ3) is 1.59. The van der Waals surface area contributed by atoms with Crippen molar-refractivity contribution < 1.29 is 4.74 Å². The lowest BCUT2D eigenvalue weighted by molar-refractivity contribution is 0.166. The number of aromatic nitrogens is 2. The fourth-order valence-electron chi connectivity index (χ4n) is 1.52. The van der Waals surface area contributed by atoms with Gasteiger partial charge in [0.25, 0.3) is 0 Å². The van der Waals surface area contributed by atoms with Crippen molar-refractivity contribution in [1.29, 1.82) is 0 Å². The molecule has 0 radical (unpaired) electrons. The van der Waals surface area contributed by atoms with Crippen molar-refractivity contribution in [3.05, 3.63) is 24.0 Å². The van der Waals surface area contributed by atoms with Crippen LogP contribution in [-0.2, 0) is 17.9 Å². The van der Waals surface area contributed by atoms with E-state index in [1.807, 2.05) is 12.3 Å². The molecule has 0 aromatic carbocycles. The second kappa shape index (κ2) is 3.24. The van der Waals surface area contributed by atoms with Gasteiger partial charge in [0.15, 0.2) is 6.73 Å². The summed E-state index contributed by atoms with van der Waals surface area (Å²) < 4.78 is 7.33. The average Bonchev–Trinajstić information content (AvgIpc) is 2.48. The third-order valence-corrected chi connectivity index (χ3v) is 2.10. The fraction of sp³-hybridized carbons (Fsp3) is 0.500. The van der Waals surface area contributed by atoms with Gasteiger partial charge in [0.2, 0.25) is 0 Å². The SMILES string of the molecule is CC(C)Cc1cnc2n1COC=C2. The Labute approximate surface area is 78.0 Å². The van der Waals surface area contributed by atoms with Gasteiger partial charge in [-0.2, -0.15) is 0 Å². The molecule has 1 aliphatic heterocycles. The van der Waals surface area contributed by atoms with Crippen molar-refractivity contribution in [2.24, 2.45) is 5.92 Å². The summed E-state index contributed by atoms with van der Waals surface area (Å²) in [7, 11) is 0. The maximum absolute atomic E-state index is 5.22. The van der Waals surface area contributed by atoms with Gasteiger partial charge in [-0.05, 0) is 12.3 Å². The Bertz CT molecular complexity index is 326. The van der Waals surface area contributed by atoms with Gasteiger partial charge in [-0.1, -0.05) is 13.8 Å². The zero-order chi connectivity index (χ0) is 9.26. The zero-order valence-corrected chi connectivity index (χ0v) is 8.03. The lowest BCUT2D eigenvalue weighted by Gasteiger charge is -2.14. The second-order valence-corrected chi connectivity index (χ2v) is 3.73. The predicted octanol–water partition coefficient (Wildman–Crippen LogP) is 2.04. The highest BCUT2D eigenvalue weighted by Gasteiger charge is 2.11. The molecule has 1 aromatic rings. The molecule has 0 saturated carbocycles. The maximum atomic E-state index is 5.22. The first-order valence-electron chi connectivity index (χ1n) is 4.60. The Morgan fingerprint density at radius 3 is 3.23 bits per heavy atom. The highest BCUT2D eigenvalue weighted by molar-refractivity contribution is 5.41. The number of hydrogen-bond donors (Lipinski definition) is 0. The normalized spacial score (nSPS) is 14.4. The van der Waals surface area contributed by atoms with Crippen molar-refractivity contribution in [2.45, 2.75) is 27.0 Å². The van der Waals surface area contributed by atoms with Crippen molar-refractivity contribution >= 4 is 6.08 Å². The monoisotopic (exact) mass is 178 g/mol. The van der Waals surface area contributed by atoms with E-state index in [2.05, 4.69) is 23.4 Å². The number of fused-ring (bicyclic) bond motifs is 1. The van der Waals surface area contributed by atoms with Crippen molar-refractivity contribution in [3.63, 3.8) is 0 Å². The van der Waals surface area contributed by atoms with Crippen molar-refractivity contribution in [2.75, 3.05) is 0 Å². The van der Waals surface area contributed by atoms with Gasteiger partial charge in [-0.3, -0.25) is 4.57 Å². The second-order valence-electron chi connectivity index (χ2n) is 3.73. The number of rotatable bonds is 2. The molecule has 1 aromatic heterocycles. The van der Waals surface area contributed by atoms with Crippen molar-refractivity contribution in [3.8, 4) is 0 Å². The Hall–Kier alpha value is -1.25. The van der Waals surface area contributed by atoms with Crippen LogP contribution in [0.1, 0.15) is 25.4 Å². The Balaban J connectivity index is 2.27. The molecule has 0 amide bonds. The predicted molar refractivity (Wildman–Crippen MR) is 50.9 cm³/mol. The average molecular weight is 178 g/mol. The van der Waals surface area contributed by atoms with E-state index < -0.39 is 0 Å². The maximum Gasteiger partial charge on any atom is 0.165 e. The van der Waals surface area contributed by atoms with E-state index in [1.165, 1.54) is 5.69 Å². The molecule has 13 heavy (non-hydrogen) atoms. The molecule has 0 bridgehead atoms. The van der Waals surface area contributed by atoms with Gasteiger partial charge >= 0.3 is 0 Å². The van der Waals surface area contributed by atoms with E-state index in [0.717, 1.165) is 12.2 Å². The van der Waals surface area contributed by atoms with E-state index in [-0.39, 0.29) is 0 Å². The zero-order valence-electron chi connectivity index (χ0n) is 8.03. The van der Waals surface area contributed by atoms with Crippen LogP contribution in [0.25, 0.3) is 6.08 Å². The topological polar surface area (TPSA) is 27.1 Å². The van der Waals surface area contributed by atoms with E-state index >= 15 is 0 Å². The van der Waals surface area contributed by atoms with Crippen LogP contribution < -0.4 is 0 Å². The summed E-state index contributed by atoms with van der Waals surface area (Å²) in [5, 5.41) is 0. The summed E-state index contributed by atoms with van der Waals surface area (Å²) in [6.45, 7) is 5.02. The molecular formula is C10H14N2O. The first kappa shape index (κ1) is 8.35. The Morgan fingerprint density at radius 1 is 1.62 bits per heavy atom. The van der Waals surface area contributed by atoms with Crippen LogP contribution in [0.2, 0.25) is 0 Å². The van der Waals surface area contributed by atoms with E-state index in [1.54, 1.807) is 6.26 Å². The summed E-state index contributed by atoms with van der Waals surface area (Å²) in [5.41, 5.74) is 1.26. The molecular weight excluding hydrogens is 164 g/mol. The largest absolute Gasteiger partial charge is 0.480 e. The van der Waals surface area contributed by atoms with E-state index in [4.69, 9.17) is 4.74 Å². The lowest BCUT2D eigenvalue weighted by atomic mass is 10.1. The van der Waals surface area contributed by atoms with Crippen LogP contribution in [0.15, 0.2) is 12.5 Å². The van der Waals surface area contributed by atoms with Crippen LogP contribution in [0.3, 0.4) is 0 Å². The van der Waals surface area contributed by atoms with Crippen LogP contribution >= 0.6 is 0 Å². The van der Waals surface area contributed by atoms with E-state index in [0.29, 0.717) is 12.6 Å². The molecule has 2 rings (SSSR count). The third-order valence-electron chi connectivity index (χ3n) is 2.10. The number of ether oxygens (including phenoxy) is 1. The molecule has 3 nitrogen and oxygen atoms in total. The summed E-state index contributed by atoms with van der Waals surface area (Å²) >= 11 is 0. The van der Waals surface area contributed by atoms with Crippen LogP contribution in [0.5, 0.6) is 0 Å². The molecule has 0 spiro atoms. The van der Waals surface area contributed by atoms with Gasteiger partial charge < -0.3 is 4.74 Å². The minimum absolute atomic E-state index is 0.605. The smallest absolute Gasteiger partial charge is 0.165 e. The first-order valence-corrected chi connectivity index (χ1v) is 4.60. The molecule has 0 N–H and O–H groups in total. The Morgan fingerprint density at radius 2 is 2.46 bits per heavy atom. The Kier molecular flexibility index (Phi) is 2.08. The molecule has 0 aliphatic carbocycles. The van der Waals surface area contributed by atoms with Gasteiger partial charge in [0.1, 0.15) is 5.82 Å². The van der Waals surface area contributed by atoms with Crippen LogP contribution in [-0.4, -0.2) is 9.55 Å². The first-order chi connectivity index (χ1) is 6.27. The van der Waals surface area contributed by atoms with Gasteiger partial charge in [0.05, 0.1) is 6.26 Å². The molecule has 3 heteroatoms. The van der Waals surface area contributed by atoms with Gasteiger partial charge in [-0.15, -0.1) is 0 Å². The highest BCUT2D eigenvalue weighted by atomic mass is 16.5. The quantitative estimate of drug-likeness (QED) is 0.693. The van der Waals surface area contributed by atoms with Crippen LogP contribution in [0, 0.1) is 5.92 Å². The summed E-state index contributed by atoms with van der Waals surface area (Å²) in [4.78, 5) is 4.31. The number of imidazole rings is 1. The summed E-state index contributed by atoms with van der Waals surface area (Å²) in [5.74, 6) is 1.66. The number of hydrogen-bond acceptors (Lipinski definition) is 2. The van der Waals surface area contributed by atoms with E-state index in [9.17, 15) is 0 Å². The standard InChI is InChI=1S/C10H14N2O/c1-8(2)5-9-6-11-10-3-4-13-7-12(9)10/h3-4,6,8H,5,7H2,1-2H3. The fourth-order valence-corrected chi connectivity index (χ4v) is 1.52. The molecule has 0 saturated heterocycles. The summed E-state index contributed by atoms with van der Waals surface area (Å²) in [6.07, 6.45) is 6.59. The number of nitrogens with zero attached hydrogens (tertiary/aromatic N) is 2.